The van der Waals surface area contributed by atoms with Crippen molar-refractivity contribution in [3.05, 3.63) is 70.1 Å². The van der Waals surface area contributed by atoms with Gasteiger partial charge in [0.15, 0.2) is 0 Å². The Morgan fingerprint density at radius 2 is 1.93 bits per heavy atom. The zero-order valence-corrected chi connectivity index (χ0v) is 16.1. The molecule has 1 saturated carbocycles. The first kappa shape index (κ1) is 17.0. The van der Waals surface area contributed by atoms with E-state index in [-0.39, 0.29) is 5.82 Å². The summed E-state index contributed by atoms with van der Waals surface area (Å²) in [6.45, 7) is 2.00. The predicted molar refractivity (Wildman–Crippen MR) is 110 cm³/mol. The molecule has 1 fully saturated rings. The summed E-state index contributed by atoms with van der Waals surface area (Å²) in [5, 5.41) is 2.02. The molecule has 0 amide bonds. The summed E-state index contributed by atoms with van der Waals surface area (Å²) in [6.07, 6.45) is 5.74. The van der Waals surface area contributed by atoms with Gasteiger partial charge in [-0.05, 0) is 72.8 Å². The van der Waals surface area contributed by atoms with Gasteiger partial charge < -0.3 is 9.47 Å². The fourth-order valence-electron chi connectivity index (χ4n) is 4.24. The minimum Gasteiger partial charge on any atom is -0.320 e. The second-order valence-corrected chi connectivity index (χ2v) is 8.25. The lowest BCUT2D eigenvalue weighted by molar-refractivity contribution is 0.312. The molecular weight excluding hydrogens is 359 g/mol. The molecule has 3 aromatic rings. The molecule has 1 aliphatic heterocycles. The Labute approximate surface area is 163 Å². The number of likely N-dealkylation sites (N-methyl/N-ethyl adjacent to an activating group) is 1. The number of allylic oxidation sites excluding steroid dienone is 1. The van der Waals surface area contributed by atoms with E-state index in [4.69, 9.17) is 11.6 Å². The van der Waals surface area contributed by atoms with Gasteiger partial charge in [0.05, 0.1) is 5.52 Å². The smallest absolute Gasteiger partial charge is 0.123 e. The molecular formula is C23H22ClFN2. The molecule has 1 aliphatic carbocycles. The van der Waals surface area contributed by atoms with Crippen LogP contribution in [-0.2, 0) is 13.0 Å². The first-order chi connectivity index (χ1) is 13.1. The quantitative estimate of drug-likeness (QED) is 0.555. The Morgan fingerprint density at radius 1 is 1.15 bits per heavy atom. The highest BCUT2D eigenvalue weighted by molar-refractivity contribution is 6.31. The van der Waals surface area contributed by atoms with Crippen LogP contribution >= 0.6 is 11.6 Å². The Hall–Kier alpha value is -2.10. The van der Waals surface area contributed by atoms with E-state index in [0.717, 1.165) is 30.1 Å². The SMILES string of the molecule is CN1CCc2c(c3cc(Cl)ccc3n2C=C(c2ccc(F)cc2)C2CC2)C1. The number of hydrogen-bond donors (Lipinski definition) is 0. The second kappa shape index (κ2) is 6.50. The third-order valence-electron chi connectivity index (χ3n) is 5.80. The number of rotatable bonds is 3. The summed E-state index contributed by atoms with van der Waals surface area (Å²) in [5.74, 6) is 0.387. The van der Waals surface area contributed by atoms with Crippen LogP contribution in [0.1, 0.15) is 29.7 Å². The van der Waals surface area contributed by atoms with Gasteiger partial charge in [0, 0.05) is 41.8 Å². The first-order valence-electron chi connectivity index (χ1n) is 9.57. The zero-order valence-electron chi connectivity index (χ0n) is 15.4. The van der Waals surface area contributed by atoms with Gasteiger partial charge in [0.1, 0.15) is 5.82 Å². The molecule has 2 nitrogen and oxygen atoms in total. The van der Waals surface area contributed by atoms with Crippen LogP contribution in [-0.4, -0.2) is 23.1 Å². The largest absolute Gasteiger partial charge is 0.320 e. The van der Waals surface area contributed by atoms with Crippen LogP contribution in [0.3, 0.4) is 0 Å². The van der Waals surface area contributed by atoms with Gasteiger partial charge in [-0.15, -0.1) is 0 Å². The molecule has 27 heavy (non-hydrogen) atoms. The van der Waals surface area contributed by atoms with Crippen LogP contribution in [0, 0.1) is 11.7 Å². The molecule has 0 N–H and O–H groups in total. The van der Waals surface area contributed by atoms with Gasteiger partial charge >= 0.3 is 0 Å². The zero-order chi connectivity index (χ0) is 18.5. The van der Waals surface area contributed by atoms with Crippen molar-refractivity contribution in [2.24, 2.45) is 5.92 Å². The van der Waals surface area contributed by atoms with Crippen molar-refractivity contribution >= 4 is 34.3 Å². The number of aromatic nitrogens is 1. The number of hydrogen-bond acceptors (Lipinski definition) is 1. The van der Waals surface area contributed by atoms with E-state index in [1.165, 1.54) is 40.6 Å². The van der Waals surface area contributed by atoms with Crippen molar-refractivity contribution < 1.29 is 4.39 Å². The monoisotopic (exact) mass is 380 g/mol. The first-order valence-corrected chi connectivity index (χ1v) is 9.95. The van der Waals surface area contributed by atoms with Gasteiger partial charge in [-0.1, -0.05) is 23.7 Å². The Morgan fingerprint density at radius 3 is 2.67 bits per heavy atom. The lowest BCUT2D eigenvalue weighted by Gasteiger charge is -2.24. The standard InChI is InChI=1S/C23H22ClFN2/c1-26-11-10-23-21(13-26)19-12-17(24)6-9-22(19)27(23)14-20(15-2-3-15)16-4-7-18(25)8-5-16/h4-9,12,14-15H,2-3,10-11,13H2,1H3. The maximum Gasteiger partial charge on any atom is 0.123 e. The molecule has 5 rings (SSSR count). The summed E-state index contributed by atoms with van der Waals surface area (Å²) >= 11 is 6.31. The highest BCUT2D eigenvalue weighted by Gasteiger charge is 2.28. The van der Waals surface area contributed by atoms with Crippen LogP contribution in [0.25, 0.3) is 22.7 Å². The number of nitrogens with zero attached hydrogens (tertiary/aromatic N) is 2. The van der Waals surface area contributed by atoms with Crippen LogP contribution < -0.4 is 0 Å². The Kier molecular flexibility index (Phi) is 4.10. The van der Waals surface area contributed by atoms with E-state index in [9.17, 15) is 4.39 Å². The molecule has 0 atom stereocenters. The number of benzene rings is 2. The van der Waals surface area contributed by atoms with E-state index in [0.29, 0.717) is 5.92 Å². The van der Waals surface area contributed by atoms with Gasteiger partial charge in [0.25, 0.3) is 0 Å². The van der Waals surface area contributed by atoms with Gasteiger partial charge in [-0.2, -0.15) is 0 Å². The number of halogens is 2. The third kappa shape index (κ3) is 3.09. The summed E-state index contributed by atoms with van der Waals surface area (Å²) in [6, 6.07) is 13.1. The summed E-state index contributed by atoms with van der Waals surface area (Å²) in [4.78, 5) is 2.36. The molecule has 2 aromatic carbocycles. The Balaban J connectivity index is 1.72. The van der Waals surface area contributed by atoms with Crippen molar-refractivity contribution in [1.82, 2.24) is 9.47 Å². The van der Waals surface area contributed by atoms with E-state index >= 15 is 0 Å². The van der Waals surface area contributed by atoms with E-state index < -0.39 is 0 Å². The highest BCUT2D eigenvalue weighted by Crippen LogP contribution is 2.43. The van der Waals surface area contributed by atoms with Crippen molar-refractivity contribution in [3.8, 4) is 0 Å². The molecule has 0 radical (unpaired) electrons. The van der Waals surface area contributed by atoms with Crippen LogP contribution in [0.15, 0.2) is 42.5 Å². The summed E-state index contributed by atoms with van der Waals surface area (Å²) in [5.41, 5.74) is 6.40. The molecule has 1 aromatic heterocycles. The lowest BCUT2D eigenvalue weighted by Crippen LogP contribution is -2.26. The molecule has 2 heterocycles. The minimum absolute atomic E-state index is 0.185. The van der Waals surface area contributed by atoms with Gasteiger partial charge in [-0.25, -0.2) is 4.39 Å². The van der Waals surface area contributed by atoms with E-state index in [1.807, 2.05) is 18.2 Å². The normalized spacial score (nSPS) is 18.1. The average Bonchev–Trinajstić information content (AvgIpc) is 3.45. The summed E-state index contributed by atoms with van der Waals surface area (Å²) < 4.78 is 15.8. The summed E-state index contributed by atoms with van der Waals surface area (Å²) in [7, 11) is 2.17. The molecule has 0 unspecified atom stereocenters. The van der Waals surface area contributed by atoms with Crippen molar-refractivity contribution in [2.45, 2.75) is 25.8 Å². The maximum absolute atomic E-state index is 13.4. The Bertz CT molecular complexity index is 1040. The molecule has 4 heteroatoms. The third-order valence-corrected chi connectivity index (χ3v) is 6.04. The maximum atomic E-state index is 13.4. The fourth-order valence-corrected chi connectivity index (χ4v) is 4.41. The van der Waals surface area contributed by atoms with Crippen LogP contribution in [0.2, 0.25) is 5.02 Å². The molecule has 0 saturated heterocycles. The fraction of sp³-hybridized carbons (Fsp3) is 0.304. The molecule has 138 valence electrons. The molecule has 0 bridgehead atoms. The minimum atomic E-state index is -0.185. The van der Waals surface area contributed by atoms with Gasteiger partial charge in [0.2, 0.25) is 0 Å². The van der Waals surface area contributed by atoms with Crippen LogP contribution in [0.4, 0.5) is 4.39 Å². The number of fused-ring (bicyclic) bond motifs is 3. The van der Waals surface area contributed by atoms with Crippen molar-refractivity contribution in [1.29, 1.82) is 0 Å². The predicted octanol–water partition coefficient (Wildman–Crippen LogP) is 5.83. The second-order valence-electron chi connectivity index (χ2n) is 7.81. The lowest BCUT2D eigenvalue weighted by atomic mass is 10.0. The van der Waals surface area contributed by atoms with Crippen molar-refractivity contribution in [3.63, 3.8) is 0 Å². The van der Waals surface area contributed by atoms with Gasteiger partial charge in [-0.3, -0.25) is 0 Å². The van der Waals surface area contributed by atoms with Crippen LogP contribution in [0.5, 0.6) is 0 Å². The topological polar surface area (TPSA) is 8.17 Å². The van der Waals surface area contributed by atoms with E-state index in [1.54, 1.807) is 12.1 Å². The highest BCUT2D eigenvalue weighted by atomic mass is 35.5. The van der Waals surface area contributed by atoms with E-state index in [2.05, 4.69) is 34.8 Å². The molecule has 2 aliphatic rings. The van der Waals surface area contributed by atoms with Crippen molar-refractivity contribution in [2.75, 3.05) is 13.6 Å². The molecule has 0 spiro atoms. The average molecular weight is 381 g/mol.